The van der Waals surface area contributed by atoms with E-state index < -0.39 is 15.6 Å². The van der Waals surface area contributed by atoms with E-state index in [4.69, 9.17) is 0 Å². The van der Waals surface area contributed by atoms with E-state index >= 15 is 0 Å². The Bertz CT molecular complexity index is 897. The number of sulfonamides is 1. The highest BCUT2D eigenvalue weighted by Gasteiger charge is 2.22. The van der Waals surface area contributed by atoms with Crippen LogP contribution in [0.2, 0.25) is 0 Å². The van der Waals surface area contributed by atoms with Gasteiger partial charge in [-0.05, 0) is 76.1 Å². The van der Waals surface area contributed by atoms with Gasteiger partial charge in [-0.3, -0.25) is 4.79 Å². The largest absolute Gasteiger partial charge is 0.322 e. The van der Waals surface area contributed by atoms with Crippen molar-refractivity contribution in [1.82, 2.24) is 4.72 Å². The summed E-state index contributed by atoms with van der Waals surface area (Å²) in [6, 6.07) is 11.6. The molecular formula is C19H24N2O3S. The zero-order valence-corrected chi connectivity index (χ0v) is 16.0. The minimum Gasteiger partial charge on any atom is -0.322 e. The number of hydrogen-bond acceptors (Lipinski definition) is 3. The Hall–Kier alpha value is -2.18. The summed E-state index contributed by atoms with van der Waals surface area (Å²) in [6.45, 7) is 9.26. The highest BCUT2D eigenvalue weighted by Crippen LogP contribution is 2.18. The number of amides is 1. The molecule has 2 aromatic carbocycles. The van der Waals surface area contributed by atoms with Crippen LogP contribution < -0.4 is 10.0 Å². The van der Waals surface area contributed by atoms with Gasteiger partial charge in [0.25, 0.3) is 5.91 Å². The Balaban J connectivity index is 2.25. The standard InChI is InChI=1S/C19H24N2O3S/c1-13-9-10-16(11-14(13)2)20-18(22)15-7-6-8-17(12-15)25(23,24)21-19(3,4)5/h6-12,21H,1-5H3,(H,20,22). The van der Waals surface area contributed by atoms with Gasteiger partial charge in [0.2, 0.25) is 10.0 Å². The van der Waals surface area contributed by atoms with Gasteiger partial charge in [0.15, 0.2) is 0 Å². The molecule has 6 heteroatoms. The fourth-order valence-corrected chi connectivity index (χ4v) is 3.75. The molecule has 0 aromatic heterocycles. The third-order valence-electron chi connectivity index (χ3n) is 3.61. The number of nitrogens with one attached hydrogen (secondary N) is 2. The van der Waals surface area contributed by atoms with Gasteiger partial charge in [-0.15, -0.1) is 0 Å². The topological polar surface area (TPSA) is 75.3 Å². The predicted molar refractivity (Wildman–Crippen MR) is 100 cm³/mol. The lowest BCUT2D eigenvalue weighted by Gasteiger charge is -2.20. The zero-order chi connectivity index (χ0) is 18.8. The number of anilines is 1. The number of carbonyl (C=O) groups is 1. The molecule has 0 saturated heterocycles. The van der Waals surface area contributed by atoms with Crippen LogP contribution in [0.1, 0.15) is 42.3 Å². The van der Waals surface area contributed by atoms with Crippen LogP contribution in [0.4, 0.5) is 5.69 Å². The molecule has 0 unspecified atom stereocenters. The van der Waals surface area contributed by atoms with Crippen LogP contribution in [0.15, 0.2) is 47.4 Å². The molecule has 0 radical (unpaired) electrons. The van der Waals surface area contributed by atoms with Gasteiger partial charge >= 0.3 is 0 Å². The van der Waals surface area contributed by atoms with E-state index in [0.29, 0.717) is 5.69 Å². The lowest BCUT2D eigenvalue weighted by molar-refractivity contribution is 0.102. The molecule has 0 aliphatic heterocycles. The van der Waals surface area contributed by atoms with Crippen molar-refractivity contribution in [3.8, 4) is 0 Å². The number of carbonyl (C=O) groups excluding carboxylic acids is 1. The average Bonchev–Trinajstić information content (AvgIpc) is 2.49. The van der Waals surface area contributed by atoms with E-state index in [1.165, 1.54) is 12.1 Å². The first-order valence-corrected chi connectivity index (χ1v) is 9.49. The van der Waals surface area contributed by atoms with E-state index in [1.807, 2.05) is 32.0 Å². The van der Waals surface area contributed by atoms with Crippen LogP contribution >= 0.6 is 0 Å². The van der Waals surface area contributed by atoms with E-state index in [2.05, 4.69) is 10.0 Å². The Kier molecular flexibility index (Phi) is 5.34. The number of hydrogen-bond donors (Lipinski definition) is 2. The summed E-state index contributed by atoms with van der Waals surface area (Å²) in [4.78, 5) is 12.5. The summed E-state index contributed by atoms with van der Waals surface area (Å²) < 4.78 is 27.4. The molecule has 1 amide bonds. The Morgan fingerprint density at radius 2 is 1.64 bits per heavy atom. The average molecular weight is 360 g/mol. The molecule has 0 saturated carbocycles. The molecule has 0 bridgehead atoms. The van der Waals surface area contributed by atoms with Crippen molar-refractivity contribution >= 4 is 21.6 Å². The smallest absolute Gasteiger partial charge is 0.255 e. The predicted octanol–water partition coefficient (Wildman–Crippen LogP) is 3.63. The van der Waals surface area contributed by atoms with Crippen molar-refractivity contribution in [1.29, 1.82) is 0 Å². The molecule has 0 fully saturated rings. The molecule has 0 atom stereocenters. The summed E-state index contributed by atoms with van der Waals surface area (Å²) in [6.07, 6.45) is 0. The lowest BCUT2D eigenvalue weighted by Crippen LogP contribution is -2.40. The molecule has 5 nitrogen and oxygen atoms in total. The lowest BCUT2D eigenvalue weighted by atomic mass is 10.1. The van der Waals surface area contributed by atoms with Crippen molar-refractivity contribution in [2.24, 2.45) is 0 Å². The third-order valence-corrected chi connectivity index (χ3v) is 5.37. The van der Waals surface area contributed by atoms with Crippen LogP contribution in [0.25, 0.3) is 0 Å². The maximum Gasteiger partial charge on any atom is 0.255 e. The summed E-state index contributed by atoms with van der Waals surface area (Å²) in [5.41, 5.74) is 2.57. The fourth-order valence-electron chi connectivity index (χ4n) is 2.29. The van der Waals surface area contributed by atoms with Gasteiger partial charge < -0.3 is 5.32 Å². The van der Waals surface area contributed by atoms with Crippen molar-refractivity contribution in [3.63, 3.8) is 0 Å². The van der Waals surface area contributed by atoms with Gasteiger partial charge in [0.1, 0.15) is 0 Å². The minimum absolute atomic E-state index is 0.0650. The van der Waals surface area contributed by atoms with E-state index in [1.54, 1.807) is 32.9 Å². The fraction of sp³-hybridized carbons (Fsp3) is 0.316. The summed E-state index contributed by atoms with van der Waals surface area (Å²) in [5, 5.41) is 2.80. The molecule has 25 heavy (non-hydrogen) atoms. The first-order chi connectivity index (χ1) is 11.5. The Morgan fingerprint density at radius 3 is 2.24 bits per heavy atom. The molecule has 0 spiro atoms. The molecule has 134 valence electrons. The minimum atomic E-state index is -3.69. The molecule has 2 N–H and O–H groups in total. The monoisotopic (exact) mass is 360 g/mol. The molecule has 2 rings (SSSR count). The van der Waals surface area contributed by atoms with Gasteiger partial charge in [-0.1, -0.05) is 12.1 Å². The van der Waals surface area contributed by atoms with Crippen molar-refractivity contribution in [3.05, 3.63) is 59.2 Å². The highest BCUT2D eigenvalue weighted by atomic mass is 32.2. The maximum atomic E-state index is 12.4. The zero-order valence-electron chi connectivity index (χ0n) is 15.2. The molecular weight excluding hydrogens is 336 g/mol. The SMILES string of the molecule is Cc1ccc(NC(=O)c2cccc(S(=O)(=O)NC(C)(C)C)c2)cc1C. The van der Waals surface area contributed by atoms with Crippen LogP contribution in [-0.4, -0.2) is 19.9 Å². The van der Waals surface area contributed by atoms with Gasteiger partial charge in [0.05, 0.1) is 4.90 Å². The van der Waals surface area contributed by atoms with Crippen LogP contribution in [0.5, 0.6) is 0 Å². The third kappa shape index (κ3) is 5.14. The molecule has 2 aromatic rings. The summed E-state index contributed by atoms with van der Waals surface area (Å²) in [5.74, 6) is -0.351. The molecule has 0 aliphatic carbocycles. The molecule has 0 heterocycles. The van der Waals surface area contributed by atoms with Crippen molar-refractivity contribution in [2.45, 2.75) is 45.1 Å². The van der Waals surface area contributed by atoms with Crippen molar-refractivity contribution in [2.75, 3.05) is 5.32 Å². The summed E-state index contributed by atoms with van der Waals surface area (Å²) in [7, 11) is -3.69. The van der Waals surface area contributed by atoms with Gasteiger partial charge in [-0.2, -0.15) is 0 Å². The van der Waals surface area contributed by atoms with Crippen LogP contribution in [-0.2, 0) is 10.0 Å². The first kappa shape index (κ1) is 19.1. The second-order valence-corrected chi connectivity index (χ2v) is 8.82. The number of benzene rings is 2. The quantitative estimate of drug-likeness (QED) is 0.874. The first-order valence-electron chi connectivity index (χ1n) is 8.01. The van der Waals surface area contributed by atoms with E-state index in [0.717, 1.165) is 11.1 Å². The van der Waals surface area contributed by atoms with Crippen molar-refractivity contribution < 1.29 is 13.2 Å². The van der Waals surface area contributed by atoms with E-state index in [9.17, 15) is 13.2 Å². The van der Waals surface area contributed by atoms with E-state index in [-0.39, 0.29) is 16.4 Å². The number of aryl methyl sites for hydroxylation is 2. The van der Waals surface area contributed by atoms with Crippen LogP contribution in [0.3, 0.4) is 0 Å². The Morgan fingerprint density at radius 1 is 0.960 bits per heavy atom. The van der Waals surface area contributed by atoms with Crippen LogP contribution in [0, 0.1) is 13.8 Å². The maximum absolute atomic E-state index is 12.4. The van der Waals surface area contributed by atoms with Gasteiger partial charge in [-0.25, -0.2) is 13.1 Å². The summed E-state index contributed by atoms with van der Waals surface area (Å²) >= 11 is 0. The van der Waals surface area contributed by atoms with Gasteiger partial charge in [0, 0.05) is 16.8 Å². The number of rotatable bonds is 4. The second-order valence-electron chi connectivity index (χ2n) is 7.14. The normalized spacial score (nSPS) is 12.0. The second kappa shape index (κ2) is 6.98. The molecule has 0 aliphatic rings. The Labute approximate surface area is 149 Å². The highest BCUT2D eigenvalue weighted by molar-refractivity contribution is 7.89.